The molecule has 0 saturated heterocycles. The lowest BCUT2D eigenvalue weighted by molar-refractivity contribution is -0.138. The molecule has 0 aromatic heterocycles. The maximum atomic E-state index is 12.6. The fraction of sp³-hybridized carbons (Fsp3) is 0.833. The molecule has 0 aromatic rings. The van der Waals surface area contributed by atoms with Crippen molar-refractivity contribution in [1.82, 2.24) is 20.9 Å². The van der Waals surface area contributed by atoms with Gasteiger partial charge in [0, 0.05) is 46.2 Å². The molecule has 0 aliphatic heterocycles. The van der Waals surface area contributed by atoms with Crippen molar-refractivity contribution in [1.29, 1.82) is 0 Å². The van der Waals surface area contributed by atoms with Crippen LogP contribution in [0, 0.1) is 10.8 Å². The lowest BCUT2D eigenvalue weighted by atomic mass is 9.84. The number of nitrogens with zero attached hydrogens (tertiary/aromatic N) is 2. The Morgan fingerprint density at radius 2 is 1.58 bits per heavy atom. The number of hydrogen-bond acceptors (Lipinski definition) is 3. The molecule has 152 valence electrons. The van der Waals surface area contributed by atoms with E-state index in [0.717, 1.165) is 25.7 Å². The first-order valence-electron chi connectivity index (χ1n) is 9.07. The number of halogens is 1. The van der Waals surface area contributed by atoms with E-state index in [0.29, 0.717) is 25.6 Å². The van der Waals surface area contributed by atoms with Crippen LogP contribution in [-0.2, 0) is 9.59 Å². The number of guanidine groups is 1. The summed E-state index contributed by atoms with van der Waals surface area (Å²) in [6.07, 6.45) is 4.00. The topological polar surface area (TPSA) is 85.8 Å². The number of aliphatic imine (C=N–C) groups is 1. The molecule has 1 rings (SSSR count). The highest BCUT2D eigenvalue weighted by atomic mass is 127. The van der Waals surface area contributed by atoms with Crippen LogP contribution >= 0.6 is 24.0 Å². The van der Waals surface area contributed by atoms with E-state index in [9.17, 15) is 9.59 Å². The van der Waals surface area contributed by atoms with Gasteiger partial charge in [-0.15, -0.1) is 24.0 Å². The number of hydrogen-bond donors (Lipinski definition) is 3. The van der Waals surface area contributed by atoms with Gasteiger partial charge in [-0.25, -0.2) is 0 Å². The van der Waals surface area contributed by atoms with Crippen LogP contribution in [0.3, 0.4) is 0 Å². The van der Waals surface area contributed by atoms with Crippen molar-refractivity contribution < 1.29 is 9.59 Å². The molecule has 0 unspecified atom stereocenters. The molecule has 7 nitrogen and oxygen atoms in total. The van der Waals surface area contributed by atoms with E-state index in [2.05, 4.69) is 20.9 Å². The van der Waals surface area contributed by atoms with Crippen LogP contribution in [0.4, 0.5) is 0 Å². The number of rotatable bonds is 6. The van der Waals surface area contributed by atoms with Crippen LogP contribution in [0.15, 0.2) is 4.99 Å². The van der Waals surface area contributed by atoms with Gasteiger partial charge in [-0.3, -0.25) is 14.6 Å². The summed E-state index contributed by atoms with van der Waals surface area (Å²) in [5.74, 6) is 0.868. The molecule has 0 heterocycles. The zero-order chi connectivity index (χ0) is 19.1. The molecular formula is C18H36IN5O2. The SMILES string of the molecule is CN=C(NCCNC(=O)C(C)(C)C)NCC1(C(=O)N(C)C)CCCC1.I. The molecule has 0 spiro atoms. The minimum atomic E-state index is -0.388. The molecule has 1 aliphatic rings. The summed E-state index contributed by atoms with van der Waals surface area (Å²) in [5, 5.41) is 9.36. The Morgan fingerprint density at radius 3 is 2.04 bits per heavy atom. The van der Waals surface area contributed by atoms with E-state index in [1.165, 1.54) is 0 Å². The molecular weight excluding hydrogens is 445 g/mol. The lowest BCUT2D eigenvalue weighted by Crippen LogP contribution is -2.50. The van der Waals surface area contributed by atoms with Gasteiger partial charge in [0.1, 0.15) is 0 Å². The average Bonchev–Trinajstić information content (AvgIpc) is 3.02. The fourth-order valence-corrected chi connectivity index (χ4v) is 3.09. The van der Waals surface area contributed by atoms with Gasteiger partial charge in [0.2, 0.25) is 11.8 Å². The van der Waals surface area contributed by atoms with Crippen LogP contribution in [0.5, 0.6) is 0 Å². The van der Waals surface area contributed by atoms with Crippen LogP contribution in [0.1, 0.15) is 46.5 Å². The van der Waals surface area contributed by atoms with Gasteiger partial charge < -0.3 is 20.9 Å². The normalized spacial score (nSPS) is 16.5. The maximum absolute atomic E-state index is 12.6. The number of amides is 2. The molecule has 0 radical (unpaired) electrons. The van der Waals surface area contributed by atoms with Crippen molar-refractivity contribution in [2.45, 2.75) is 46.5 Å². The molecule has 1 aliphatic carbocycles. The van der Waals surface area contributed by atoms with E-state index in [4.69, 9.17) is 0 Å². The quantitative estimate of drug-likeness (QED) is 0.233. The van der Waals surface area contributed by atoms with Gasteiger partial charge in [0.15, 0.2) is 5.96 Å². The number of carbonyl (C=O) groups is 2. The molecule has 3 N–H and O–H groups in total. The zero-order valence-electron chi connectivity index (χ0n) is 17.1. The summed E-state index contributed by atoms with van der Waals surface area (Å²) >= 11 is 0. The number of carbonyl (C=O) groups excluding carboxylic acids is 2. The monoisotopic (exact) mass is 481 g/mol. The van der Waals surface area contributed by atoms with E-state index >= 15 is 0 Å². The Morgan fingerprint density at radius 1 is 1.04 bits per heavy atom. The van der Waals surface area contributed by atoms with Crippen molar-refractivity contribution in [3.05, 3.63) is 0 Å². The van der Waals surface area contributed by atoms with Crippen LogP contribution in [0.25, 0.3) is 0 Å². The standard InChI is InChI=1S/C18H35N5O2.HI/c1-17(2,3)14(24)20-11-12-21-16(19-4)22-13-18(9-7-8-10-18)15(25)23(5)6;/h7-13H2,1-6H3,(H,20,24)(H2,19,21,22);1H. The van der Waals surface area contributed by atoms with Gasteiger partial charge in [0.25, 0.3) is 0 Å². The minimum absolute atomic E-state index is 0. The third kappa shape index (κ3) is 7.28. The molecule has 1 fully saturated rings. The summed E-state index contributed by atoms with van der Waals surface area (Å²) in [5.41, 5.74) is -0.719. The predicted molar refractivity (Wildman–Crippen MR) is 117 cm³/mol. The first-order chi connectivity index (χ1) is 11.6. The minimum Gasteiger partial charge on any atom is -0.355 e. The Balaban J connectivity index is 0.00000625. The summed E-state index contributed by atoms with van der Waals surface area (Å²) in [7, 11) is 5.33. The average molecular weight is 481 g/mol. The molecule has 8 heteroatoms. The van der Waals surface area contributed by atoms with Gasteiger partial charge >= 0.3 is 0 Å². The van der Waals surface area contributed by atoms with Crippen molar-refractivity contribution in [2.75, 3.05) is 40.8 Å². The highest BCUT2D eigenvalue weighted by Crippen LogP contribution is 2.38. The molecule has 0 aromatic carbocycles. The second kappa shape index (κ2) is 10.9. The fourth-order valence-electron chi connectivity index (χ4n) is 3.09. The van der Waals surface area contributed by atoms with Gasteiger partial charge in [-0.05, 0) is 12.8 Å². The zero-order valence-corrected chi connectivity index (χ0v) is 19.4. The van der Waals surface area contributed by atoms with Gasteiger partial charge in [-0.2, -0.15) is 0 Å². The highest BCUT2D eigenvalue weighted by molar-refractivity contribution is 14.0. The molecule has 2 amide bonds. The van der Waals surface area contributed by atoms with Crippen LogP contribution < -0.4 is 16.0 Å². The van der Waals surface area contributed by atoms with Crippen molar-refractivity contribution in [3.63, 3.8) is 0 Å². The van der Waals surface area contributed by atoms with E-state index in [1.807, 2.05) is 34.9 Å². The maximum Gasteiger partial charge on any atom is 0.230 e. The predicted octanol–water partition coefficient (Wildman–Crippen LogP) is 1.58. The summed E-state index contributed by atoms with van der Waals surface area (Å²) in [6.45, 7) is 7.35. The summed E-state index contributed by atoms with van der Waals surface area (Å²) in [4.78, 5) is 30.3. The molecule has 1 saturated carbocycles. The smallest absolute Gasteiger partial charge is 0.230 e. The van der Waals surface area contributed by atoms with E-state index in [1.54, 1.807) is 11.9 Å². The Bertz CT molecular complexity index is 494. The molecule has 0 bridgehead atoms. The Kier molecular flexibility index (Phi) is 10.5. The Hall–Kier alpha value is -1.06. The first-order valence-corrected chi connectivity index (χ1v) is 9.07. The van der Waals surface area contributed by atoms with Crippen molar-refractivity contribution >= 4 is 41.8 Å². The summed E-state index contributed by atoms with van der Waals surface area (Å²) < 4.78 is 0. The third-order valence-corrected chi connectivity index (χ3v) is 4.62. The van der Waals surface area contributed by atoms with Gasteiger partial charge in [-0.1, -0.05) is 33.6 Å². The lowest BCUT2D eigenvalue weighted by Gasteiger charge is -2.31. The Labute approximate surface area is 175 Å². The number of nitrogens with one attached hydrogen (secondary N) is 3. The van der Waals surface area contributed by atoms with E-state index in [-0.39, 0.29) is 46.6 Å². The second-order valence-electron chi connectivity index (χ2n) is 8.05. The molecule has 26 heavy (non-hydrogen) atoms. The largest absolute Gasteiger partial charge is 0.355 e. The van der Waals surface area contributed by atoms with Gasteiger partial charge in [0.05, 0.1) is 5.41 Å². The summed E-state index contributed by atoms with van der Waals surface area (Å²) in [6, 6.07) is 0. The van der Waals surface area contributed by atoms with Crippen molar-refractivity contribution in [2.24, 2.45) is 15.8 Å². The second-order valence-corrected chi connectivity index (χ2v) is 8.05. The van der Waals surface area contributed by atoms with Crippen LogP contribution in [-0.4, -0.2) is 63.5 Å². The third-order valence-electron chi connectivity index (χ3n) is 4.62. The van der Waals surface area contributed by atoms with E-state index < -0.39 is 0 Å². The highest BCUT2D eigenvalue weighted by Gasteiger charge is 2.42. The molecule has 0 atom stereocenters. The van der Waals surface area contributed by atoms with Crippen molar-refractivity contribution in [3.8, 4) is 0 Å². The van der Waals surface area contributed by atoms with Crippen LogP contribution in [0.2, 0.25) is 0 Å². The first kappa shape index (κ1) is 24.9.